The van der Waals surface area contributed by atoms with Gasteiger partial charge in [0.25, 0.3) is 0 Å². The number of aromatic nitrogens is 4. The molecule has 4 aromatic rings. The van der Waals surface area contributed by atoms with E-state index in [2.05, 4.69) is 25.7 Å². The number of benzene rings is 2. The number of aromatic hydroxyl groups is 1. The van der Waals surface area contributed by atoms with E-state index in [1.54, 1.807) is 35.1 Å². The van der Waals surface area contributed by atoms with Crippen LogP contribution in [0.5, 0.6) is 5.75 Å². The van der Waals surface area contributed by atoms with Gasteiger partial charge in [-0.05, 0) is 49.2 Å². The second-order valence-electron chi connectivity index (χ2n) is 7.46. The summed E-state index contributed by atoms with van der Waals surface area (Å²) in [6.07, 6.45) is 3.05. The van der Waals surface area contributed by atoms with Gasteiger partial charge < -0.3 is 20.5 Å². The summed E-state index contributed by atoms with van der Waals surface area (Å²) in [5.74, 6) is -0.678. The highest BCUT2D eigenvalue weighted by Gasteiger charge is 2.23. The van der Waals surface area contributed by atoms with E-state index in [-0.39, 0.29) is 23.3 Å². The van der Waals surface area contributed by atoms with Crippen LogP contribution in [0.2, 0.25) is 0 Å². The van der Waals surface area contributed by atoms with Gasteiger partial charge in [0.1, 0.15) is 23.1 Å². The highest BCUT2D eigenvalue weighted by atomic mass is 19.1. The topological polar surface area (TPSA) is 97.1 Å². The van der Waals surface area contributed by atoms with Crippen LogP contribution in [-0.2, 0) is 4.74 Å². The second kappa shape index (κ2) is 8.39. The van der Waals surface area contributed by atoms with Gasteiger partial charge in [-0.1, -0.05) is 6.07 Å². The van der Waals surface area contributed by atoms with Gasteiger partial charge in [0.2, 0.25) is 5.95 Å². The number of anilines is 4. The Balaban J connectivity index is 1.56. The van der Waals surface area contributed by atoms with Crippen LogP contribution >= 0.6 is 0 Å². The number of nitrogens with one attached hydrogen (secondary N) is 2. The maximum atomic E-state index is 14.2. The molecule has 1 aliphatic heterocycles. The van der Waals surface area contributed by atoms with Crippen molar-refractivity contribution in [3.63, 3.8) is 0 Å². The minimum absolute atomic E-state index is 0.0312. The summed E-state index contributed by atoms with van der Waals surface area (Å²) in [5, 5.41) is 20.5. The summed E-state index contributed by atoms with van der Waals surface area (Å²) >= 11 is 0. The van der Waals surface area contributed by atoms with Crippen molar-refractivity contribution in [3.05, 3.63) is 60.3 Å². The van der Waals surface area contributed by atoms with Crippen LogP contribution in [0.4, 0.5) is 31.9 Å². The first-order valence-electron chi connectivity index (χ1n) is 10.2. The molecule has 3 heterocycles. The fourth-order valence-electron chi connectivity index (χ4n) is 3.67. The van der Waals surface area contributed by atoms with Gasteiger partial charge in [0.15, 0.2) is 11.5 Å². The lowest BCUT2D eigenvalue weighted by molar-refractivity contribution is 0.0674. The van der Waals surface area contributed by atoms with Gasteiger partial charge in [-0.3, -0.25) is 0 Å². The third kappa shape index (κ3) is 3.92. The number of phenolic OH excluding ortho intramolecular Hbond substituents is 1. The molecule has 5 rings (SSSR count). The van der Waals surface area contributed by atoms with Crippen LogP contribution in [0.1, 0.15) is 18.9 Å². The summed E-state index contributed by atoms with van der Waals surface area (Å²) < 4.78 is 35.7. The monoisotopic (exact) mass is 438 g/mol. The van der Waals surface area contributed by atoms with Crippen LogP contribution in [0.25, 0.3) is 11.0 Å². The van der Waals surface area contributed by atoms with Gasteiger partial charge in [0.05, 0.1) is 11.4 Å². The van der Waals surface area contributed by atoms with Crippen LogP contribution in [-0.4, -0.2) is 38.1 Å². The molecule has 0 bridgehead atoms. The van der Waals surface area contributed by atoms with E-state index in [9.17, 15) is 13.9 Å². The molecule has 0 atom stereocenters. The predicted molar refractivity (Wildman–Crippen MR) is 115 cm³/mol. The Bertz CT molecular complexity index is 1240. The van der Waals surface area contributed by atoms with E-state index in [1.165, 1.54) is 18.2 Å². The molecule has 0 saturated carbocycles. The quantitative estimate of drug-likeness (QED) is 0.390. The summed E-state index contributed by atoms with van der Waals surface area (Å²) in [6, 6.07) is 10.2. The first kappa shape index (κ1) is 20.1. The number of hydrogen-bond acceptors (Lipinski definition) is 7. The number of para-hydroxylation sites is 1. The normalized spacial score (nSPS) is 14.6. The van der Waals surface area contributed by atoms with Crippen molar-refractivity contribution in [2.24, 2.45) is 0 Å². The van der Waals surface area contributed by atoms with E-state index in [1.807, 2.05) is 0 Å². The Hall–Kier alpha value is -3.79. The molecule has 32 heavy (non-hydrogen) atoms. The highest BCUT2D eigenvalue weighted by Crippen LogP contribution is 2.32. The molecule has 1 fully saturated rings. The zero-order chi connectivity index (χ0) is 22.1. The lowest BCUT2D eigenvalue weighted by Crippen LogP contribution is -2.21. The molecular weight excluding hydrogens is 418 g/mol. The molecule has 1 saturated heterocycles. The molecule has 3 N–H and O–H groups in total. The minimum atomic E-state index is -0.717. The number of nitrogens with zero attached hydrogens (tertiary/aromatic N) is 4. The molecule has 164 valence electrons. The number of hydrogen-bond donors (Lipinski definition) is 3. The van der Waals surface area contributed by atoms with E-state index in [0.717, 1.165) is 12.8 Å². The molecule has 0 aliphatic carbocycles. The molecule has 10 heteroatoms. The van der Waals surface area contributed by atoms with Crippen molar-refractivity contribution in [1.82, 2.24) is 19.7 Å². The van der Waals surface area contributed by atoms with Crippen molar-refractivity contribution in [2.45, 2.75) is 18.9 Å². The molecule has 1 aliphatic rings. The largest absolute Gasteiger partial charge is 0.508 e. The SMILES string of the molecule is Oc1ccc(Nc2ncc3c(Nc4c(F)cccc4F)nn(C4CCOCC4)c3n2)cc1. The molecule has 0 unspecified atom stereocenters. The number of phenols is 1. The Morgan fingerprint density at radius 1 is 1.00 bits per heavy atom. The molecular formula is C22H20F2N6O2. The zero-order valence-corrected chi connectivity index (χ0v) is 16.9. The second-order valence-corrected chi connectivity index (χ2v) is 7.46. The first-order valence-corrected chi connectivity index (χ1v) is 10.2. The highest BCUT2D eigenvalue weighted by molar-refractivity contribution is 5.90. The van der Waals surface area contributed by atoms with Gasteiger partial charge in [-0.25, -0.2) is 18.4 Å². The maximum Gasteiger partial charge on any atom is 0.229 e. The fraction of sp³-hybridized carbons (Fsp3) is 0.227. The lowest BCUT2D eigenvalue weighted by atomic mass is 10.1. The summed E-state index contributed by atoms with van der Waals surface area (Å²) in [7, 11) is 0. The molecule has 8 nitrogen and oxygen atoms in total. The Labute approximate surface area is 181 Å². The molecule has 0 spiro atoms. The third-order valence-corrected chi connectivity index (χ3v) is 5.31. The van der Waals surface area contributed by atoms with Crippen molar-refractivity contribution < 1.29 is 18.6 Å². The smallest absolute Gasteiger partial charge is 0.229 e. The van der Waals surface area contributed by atoms with E-state index >= 15 is 0 Å². The molecule has 0 amide bonds. The van der Waals surface area contributed by atoms with Gasteiger partial charge in [0, 0.05) is 25.1 Å². The van der Waals surface area contributed by atoms with Crippen LogP contribution in [0.3, 0.4) is 0 Å². The molecule has 0 radical (unpaired) electrons. The fourth-order valence-corrected chi connectivity index (χ4v) is 3.67. The van der Waals surface area contributed by atoms with Crippen molar-refractivity contribution >= 4 is 34.2 Å². The molecule has 2 aromatic carbocycles. The number of fused-ring (bicyclic) bond motifs is 1. The van der Waals surface area contributed by atoms with E-state index in [4.69, 9.17) is 4.74 Å². The lowest BCUT2D eigenvalue weighted by Gasteiger charge is -2.22. The molecule has 2 aromatic heterocycles. The summed E-state index contributed by atoms with van der Waals surface area (Å²) in [6.45, 7) is 1.20. The van der Waals surface area contributed by atoms with Crippen molar-refractivity contribution in [1.29, 1.82) is 0 Å². The van der Waals surface area contributed by atoms with Crippen LogP contribution in [0, 0.1) is 11.6 Å². The van der Waals surface area contributed by atoms with Gasteiger partial charge >= 0.3 is 0 Å². The van der Waals surface area contributed by atoms with Crippen LogP contribution < -0.4 is 10.6 Å². The average Bonchev–Trinajstić information content (AvgIpc) is 3.16. The number of ether oxygens (including phenoxy) is 1. The standard InChI is InChI=1S/C22H20F2N6O2/c23-17-2-1-3-18(24)19(17)27-20-16-12-25-22(26-13-4-6-15(31)7-5-13)28-21(16)30(29-20)14-8-10-32-11-9-14/h1-7,12,14,31H,8-11H2,(H,27,29)(H,25,26,28). The Kier molecular flexibility index (Phi) is 5.28. The number of rotatable bonds is 5. The Morgan fingerprint density at radius 2 is 1.72 bits per heavy atom. The van der Waals surface area contributed by atoms with Gasteiger partial charge in [-0.2, -0.15) is 10.1 Å². The maximum absolute atomic E-state index is 14.2. The van der Waals surface area contributed by atoms with Crippen molar-refractivity contribution in [3.8, 4) is 5.75 Å². The van der Waals surface area contributed by atoms with Crippen LogP contribution in [0.15, 0.2) is 48.7 Å². The van der Waals surface area contributed by atoms with E-state index in [0.29, 0.717) is 35.9 Å². The van der Waals surface area contributed by atoms with E-state index < -0.39 is 11.6 Å². The summed E-state index contributed by atoms with van der Waals surface area (Å²) in [5.41, 5.74) is 0.954. The number of halogens is 2. The average molecular weight is 438 g/mol. The minimum Gasteiger partial charge on any atom is -0.508 e. The van der Waals surface area contributed by atoms with Crippen molar-refractivity contribution in [2.75, 3.05) is 23.8 Å². The predicted octanol–water partition coefficient (Wildman–Crippen LogP) is 4.65. The first-order chi connectivity index (χ1) is 15.6. The zero-order valence-electron chi connectivity index (χ0n) is 16.9. The Morgan fingerprint density at radius 3 is 2.44 bits per heavy atom. The van der Waals surface area contributed by atoms with Gasteiger partial charge in [-0.15, -0.1) is 0 Å². The summed E-state index contributed by atoms with van der Waals surface area (Å²) in [4.78, 5) is 8.96. The third-order valence-electron chi connectivity index (χ3n) is 5.31.